The third kappa shape index (κ3) is 2.62. The Labute approximate surface area is 115 Å². The van der Waals surface area contributed by atoms with Crippen LogP contribution in [-0.4, -0.2) is 22.7 Å². The van der Waals surface area contributed by atoms with Crippen LogP contribution in [0.5, 0.6) is 0 Å². The molecule has 0 spiro atoms. The summed E-state index contributed by atoms with van der Waals surface area (Å²) in [5, 5.41) is 9.73. The molecule has 0 amide bonds. The van der Waals surface area contributed by atoms with E-state index in [9.17, 15) is 5.11 Å². The van der Waals surface area contributed by atoms with Crippen molar-refractivity contribution in [1.29, 1.82) is 0 Å². The lowest BCUT2D eigenvalue weighted by Gasteiger charge is -2.44. The van der Waals surface area contributed by atoms with Crippen LogP contribution in [0.3, 0.4) is 0 Å². The zero-order valence-corrected chi connectivity index (χ0v) is 11.8. The van der Waals surface area contributed by atoms with E-state index in [4.69, 9.17) is 0 Å². The molecule has 3 nitrogen and oxygen atoms in total. The van der Waals surface area contributed by atoms with Gasteiger partial charge in [0.05, 0.1) is 6.10 Å². The molecule has 1 saturated carbocycles. The second-order valence-corrected chi connectivity index (χ2v) is 6.07. The first-order valence-corrected chi connectivity index (χ1v) is 7.66. The van der Waals surface area contributed by atoms with Crippen molar-refractivity contribution in [3.8, 4) is 0 Å². The number of aliphatic hydroxyl groups is 1. The minimum absolute atomic E-state index is 0.409. The molecule has 104 valence electrons. The van der Waals surface area contributed by atoms with Gasteiger partial charge in [0.1, 0.15) is 5.82 Å². The highest BCUT2D eigenvalue weighted by Crippen LogP contribution is 2.37. The Morgan fingerprint density at radius 2 is 2.05 bits per heavy atom. The maximum absolute atomic E-state index is 9.73. The fourth-order valence-electron chi connectivity index (χ4n) is 3.76. The van der Waals surface area contributed by atoms with Crippen molar-refractivity contribution < 1.29 is 5.11 Å². The van der Waals surface area contributed by atoms with Gasteiger partial charge in [0, 0.05) is 18.8 Å². The van der Waals surface area contributed by atoms with E-state index in [2.05, 4.69) is 16.0 Å². The Hall–Kier alpha value is -1.09. The summed E-state index contributed by atoms with van der Waals surface area (Å²) in [7, 11) is 0. The van der Waals surface area contributed by atoms with Crippen LogP contribution in [0.1, 0.15) is 57.1 Å². The molecular weight excluding hydrogens is 236 g/mol. The first-order valence-electron chi connectivity index (χ1n) is 7.66. The van der Waals surface area contributed by atoms with E-state index in [1.54, 1.807) is 0 Å². The third-order valence-electron chi connectivity index (χ3n) is 4.79. The van der Waals surface area contributed by atoms with Crippen LogP contribution in [0.2, 0.25) is 0 Å². The summed E-state index contributed by atoms with van der Waals surface area (Å²) in [6.45, 7) is 2.94. The van der Waals surface area contributed by atoms with Gasteiger partial charge in [-0.2, -0.15) is 0 Å². The van der Waals surface area contributed by atoms with Crippen molar-refractivity contribution in [2.45, 2.75) is 57.6 Å². The van der Waals surface area contributed by atoms with Crippen molar-refractivity contribution in [3.63, 3.8) is 0 Å². The van der Waals surface area contributed by atoms with Crippen molar-refractivity contribution in [2.24, 2.45) is 5.92 Å². The predicted molar refractivity (Wildman–Crippen MR) is 77.2 cm³/mol. The van der Waals surface area contributed by atoms with Crippen LogP contribution >= 0.6 is 0 Å². The molecule has 1 aliphatic heterocycles. The summed E-state index contributed by atoms with van der Waals surface area (Å²) in [6.07, 6.45) is 9.55. The number of fused-ring (bicyclic) bond motifs is 1. The summed E-state index contributed by atoms with van der Waals surface area (Å²) in [5.41, 5.74) is 0.975. The smallest absolute Gasteiger partial charge is 0.129 e. The van der Waals surface area contributed by atoms with Crippen molar-refractivity contribution in [3.05, 3.63) is 23.9 Å². The monoisotopic (exact) mass is 260 g/mol. The number of pyridine rings is 1. The fourth-order valence-corrected chi connectivity index (χ4v) is 3.76. The van der Waals surface area contributed by atoms with Crippen LogP contribution in [0.15, 0.2) is 18.3 Å². The molecule has 3 heteroatoms. The van der Waals surface area contributed by atoms with Crippen LogP contribution in [0.4, 0.5) is 5.82 Å². The second-order valence-electron chi connectivity index (χ2n) is 6.07. The van der Waals surface area contributed by atoms with Crippen molar-refractivity contribution in [1.82, 2.24) is 4.98 Å². The molecule has 1 aromatic rings. The molecule has 2 fully saturated rings. The molecule has 1 unspecified atom stereocenters. The van der Waals surface area contributed by atoms with Gasteiger partial charge in [0.2, 0.25) is 0 Å². The largest absolute Gasteiger partial charge is 0.389 e. The summed E-state index contributed by atoms with van der Waals surface area (Å²) in [4.78, 5) is 7.05. The van der Waals surface area contributed by atoms with Crippen LogP contribution in [-0.2, 0) is 0 Å². The van der Waals surface area contributed by atoms with Crippen molar-refractivity contribution >= 4 is 5.82 Å². The van der Waals surface area contributed by atoms with Crippen molar-refractivity contribution in [2.75, 3.05) is 11.4 Å². The van der Waals surface area contributed by atoms with Gasteiger partial charge in [-0.1, -0.05) is 12.8 Å². The summed E-state index contributed by atoms with van der Waals surface area (Å²) < 4.78 is 0. The van der Waals surface area contributed by atoms with E-state index in [0.29, 0.717) is 6.04 Å². The minimum atomic E-state index is -0.409. The van der Waals surface area contributed by atoms with Gasteiger partial charge in [-0.25, -0.2) is 4.98 Å². The van der Waals surface area contributed by atoms with Gasteiger partial charge in [-0.15, -0.1) is 0 Å². The molecule has 2 heterocycles. The lowest BCUT2D eigenvalue weighted by Crippen LogP contribution is -2.47. The molecule has 1 aliphatic carbocycles. The molecule has 1 saturated heterocycles. The van der Waals surface area contributed by atoms with E-state index in [-0.39, 0.29) is 0 Å². The molecule has 3 rings (SSSR count). The van der Waals surface area contributed by atoms with Gasteiger partial charge in [-0.3, -0.25) is 0 Å². The summed E-state index contributed by atoms with van der Waals surface area (Å²) >= 11 is 0. The van der Waals surface area contributed by atoms with Crippen LogP contribution < -0.4 is 4.90 Å². The molecule has 0 radical (unpaired) electrons. The first kappa shape index (κ1) is 12.9. The summed E-state index contributed by atoms with van der Waals surface area (Å²) in [5.74, 6) is 1.93. The van der Waals surface area contributed by atoms with E-state index < -0.39 is 6.10 Å². The molecular formula is C16H24N2O. The number of aromatic nitrogens is 1. The normalized spacial score (nSPS) is 28.8. The quantitative estimate of drug-likeness (QED) is 0.886. The fraction of sp³-hybridized carbons (Fsp3) is 0.688. The molecule has 3 atom stereocenters. The van der Waals surface area contributed by atoms with Crippen LogP contribution in [0, 0.1) is 5.92 Å². The Morgan fingerprint density at radius 3 is 2.89 bits per heavy atom. The van der Waals surface area contributed by atoms with Gasteiger partial charge in [0.25, 0.3) is 0 Å². The third-order valence-corrected chi connectivity index (χ3v) is 4.79. The highest BCUT2D eigenvalue weighted by molar-refractivity contribution is 5.43. The number of rotatable bonds is 2. The predicted octanol–water partition coefficient (Wildman–Crippen LogP) is 3.29. The Morgan fingerprint density at radius 1 is 1.26 bits per heavy atom. The molecule has 1 N–H and O–H groups in total. The van der Waals surface area contributed by atoms with Crippen LogP contribution in [0.25, 0.3) is 0 Å². The standard InChI is InChI=1S/C16H24N2O/c1-12(19)14-8-9-17-16(11-14)18-10-4-6-13-5-2-3-7-15(13)18/h8-9,11-13,15,19H,2-7,10H2,1H3/t12?,13-,15-/m1/s1. The number of piperidine rings is 1. The molecule has 2 aliphatic rings. The number of hydrogen-bond donors (Lipinski definition) is 1. The zero-order chi connectivity index (χ0) is 13.2. The second kappa shape index (κ2) is 5.49. The highest BCUT2D eigenvalue weighted by atomic mass is 16.3. The van der Waals surface area contributed by atoms with Gasteiger partial charge >= 0.3 is 0 Å². The number of anilines is 1. The lowest BCUT2D eigenvalue weighted by molar-refractivity contribution is 0.199. The molecule has 1 aromatic heterocycles. The Kier molecular flexibility index (Phi) is 3.74. The number of aliphatic hydroxyl groups excluding tert-OH is 1. The Bertz CT molecular complexity index is 431. The topological polar surface area (TPSA) is 36.4 Å². The van der Waals surface area contributed by atoms with Gasteiger partial charge < -0.3 is 10.0 Å². The first-order chi connectivity index (χ1) is 9.25. The lowest BCUT2D eigenvalue weighted by atomic mass is 9.78. The van der Waals surface area contributed by atoms with Gasteiger partial charge in [0.15, 0.2) is 0 Å². The Balaban J connectivity index is 1.85. The van der Waals surface area contributed by atoms with E-state index >= 15 is 0 Å². The molecule has 0 aromatic carbocycles. The molecule has 19 heavy (non-hydrogen) atoms. The maximum Gasteiger partial charge on any atom is 0.129 e. The maximum atomic E-state index is 9.73. The van der Waals surface area contributed by atoms with Gasteiger partial charge in [-0.05, 0) is 56.2 Å². The number of nitrogens with zero attached hydrogens (tertiary/aromatic N) is 2. The zero-order valence-electron chi connectivity index (χ0n) is 11.8. The minimum Gasteiger partial charge on any atom is -0.389 e. The average Bonchev–Trinajstić information content (AvgIpc) is 2.47. The summed E-state index contributed by atoms with van der Waals surface area (Å²) in [6, 6.07) is 4.66. The highest BCUT2D eigenvalue weighted by Gasteiger charge is 2.33. The van der Waals surface area contributed by atoms with E-state index in [0.717, 1.165) is 23.8 Å². The SMILES string of the molecule is CC(O)c1ccnc(N2CCC[C@H]3CCCC[C@H]32)c1. The van der Waals surface area contributed by atoms with E-state index in [1.165, 1.54) is 38.5 Å². The number of hydrogen-bond acceptors (Lipinski definition) is 3. The van der Waals surface area contributed by atoms with E-state index in [1.807, 2.05) is 19.2 Å². The molecule has 0 bridgehead atoms. The average molecular weight is 260 g/mol.